The maximum absolute atomic E-state index is 4.32. The first-order valence-electron chi connectivity index (χ1n) is 5.42. The molecule has 1 unspecified atom stereocenters. The van der Waals surface area contributed by atoms with Crippen molar-refractivity contribution in [1.29, 1.82) is 0 Å². The van der Waals surface area contributed by atoms with Gasteiger partial charge in [-0.3, -0.25) is 0 Å². The van der Waals surface area contributed by atoms with Gasteiger partial charge in [-0.25, -0.2) is 0 Å². The highest BCUT2D eigenvalue weighted by Crippen LogP contribution is 2.32. The lowest BCUT2D eigenvalue weighted by Gasteiger charge is -2.20. The number of halogens is 1. The standard InChI is InChI=1S/C11H12BrN3S/c1-7-2-5-10-13-14-11(15(10)6-7)8-3-4-9(12)16-8/h3-4,7H,2,5-6H2,1H3. The summed E-state index contributed by atoms with van der Waals surface area (Å²) in [5.41, 5.74) is 0. The molecule has 1 aliphatic rings. The van der Waals surface area contributed by atoms with Crippen LogP contribution in [0.1, 0.15) is 19.2 Å². The van der Waals surface area contributed by atoms with Crippen LogP contribution in [0.3, 0.4) is 0 Å². The number of hydrogen-bond donors (Lipinski definition) is 0. The third-order valence-corrected chi connectivity index (χ3v) is 4.60. The van der Waals surface area contributed by atoms with Crippen LogP contribution in [0, 0.1) is 5.92 Å². The lowest BCUT2D eigenvalue weighted by molar-refractivity contribution is 0.396. The van der Waals surface area contributed by atoms with Crippen molar-refractivity contribution in [3.8, 4) is 10.7 Å². The fourth-order valence-corrected chi connectivity index (χ4v) is 3.49. The smallest absolute Gasteiger partial charge is 0.174 e. The molecule has 3 heterocycles. The van der Waals surface area contributed by atoms with Crippen LogP contribution in [0.5, 0.6) is 0 Å². The average Bonchev–Trinajstić information content (AvgIpc) is 2.83. The summed E-state index contributed by atoms with van der Waals surface area (Å²) in [6.45, 7) is 3.34. The molecular weight excluding hydrogens is 286 g/mol. The molecular formula is C11H12BrN3S. The van der Waals surface area contributed by atoms with Crippen molar-refractivity contribution in [2.75, 3.05) is 0 Å². The minimum atomic E-state index is 0.727. The number of hydrogen-bond acceptors (Lipinski definition) is 3. The normalized spacial score (nSPS) is 19.8. The monoisotopic (exact) mass is 297 g/mol. The summed E-state index contributed by atoms with van der Waals surface area (Å²) in [5, 5.41) is 8.60. The summed E-state index contributed by atoms with van der Waals surface area (Å²) in [6.07, 6.45) is 2.28. The van der Waals surface area contributed by atoms with Crippen LogP contribution in [0.15, 0.2) is 15.9 Å². The first-order chi connectivity index (χ1) is 7.74. The van der Waals surface area contributed by atoms with Gasteiger partial charge in [0.25, 0.3) is 0 Å². The fourth-order valence-electron chi connectivity index (χ4n) is 2.11. The van der Waals surface area contributed by atoms with Crippen LogP contribution in [0.2, 0.25) is 0 Å². The Labute approximate surface area is 107 Å². The van der Waals surface area contributed by atoms with Crippen molar-refractivity contribution in [3.63, 3.8) is 0 Å². The lowest BCUT2D eigenvalue weighted by Crippen LogP contribution is -2.18. The molecule has 84 valence electrons. The molecule has 0 saturated heterocycles. The molecule has 0 aliphatic carbocycles. The summed E-state index contributed by atoms with van der Waals surface area (Å²) in [4.78, 5) is 1.19. The second kappa shape index (κ2) is 3.96. The molecule has 3 rings (SSSR count). The van der Waals surface area contributed by atoms with Gasteiger partial charge in [-0.2, -0.15) is 0 Å². The van der Waals surface area contributed by atoms with Crippen molar-refractivity contribution >= 4 is 27.3 Å². The van der Waals surface area contributed by atoms with E-state index in [1.807, 2.05) is 0 Å². The lowest BCUT2D eigenvalue weighted by atomic mass is 10.0. The minimum Gasteiger partial charge on any atom is -0.310 e. The Kier molecular flexibility index (Phi) is 2.59. The summed E-state index contributed by atoms with van der Waals surface area (Å²) < 4.78 is 3.41. The van der Waals surface area contributed by atoms with Crippen LogP contribution in [-0.4, -0.2) is 14.8 Å². The molecule has 3 nitrogen and oxygen atoms in total. The third kappa shape index (κ3) is 1.72. The first kappa shape index (κ1) is 10.5. The van der Waals surface area contributed by atoms with Gasteiger partial charge in [-0.05, 0) is 40.4 Å². The van der Waals surface area contributed by atoms with Gasteiger partial charge in [0, 0.05) is 13.0 Å². The second-order valence-corrected chi connectivity index (χ2v) is 6.76. The van der Waals surface area contributed by atoms with Crippen molar-refractivity contribution < 1.29 is 0 Å². The Morgan fingerprint density at radius 2 is 2.31 bits per heavy atom. The highest BCUT2D eigenvalue weighted by molar-refractivity contribution is 9.11. The molecule has 5 heteroatoms. The van der Waals surface area contributed by atoms with Gasteiger partial charge in [-0.15, -0.1) is 21.5 Å². The van der Waals surface area contributed by atoms with Crippen LogP contribution in [0.25, 0.3) is 10.7 Å². The third-order valence-electron chi connectivity index (χ3n) is 2.98. The Bertz CT molecular complexity index is 517. The number of rotatable bonds is 1. The van der Waals surface area contributed by atoms with E-state index in [1.165, 1.54) is 11.3 Å². The molecule has 0 amide bonds. The van der Waals surface area contributed by atoms with Gasteiger partial charge in [-0.1, -0.05) is 6.92 Å². The van der Waals surface area contributed by atoms with E-state index < -0.39 is 0 Å². The zero-order chi connectivity index (χ0) is 11.1. The minimum absolute atomic E-state index is 0.727. The molecule has 1 aliphatic heterocycles. The molecule has 0 N–H and O–H groups in total. The molecule has 0 bridgehead atoms. The van der Waals surface area contributed by atoms with E-state index >= 15 is 0 Å². The van der Waals surface area contributed by atoms with E-state index in [-0.39, 0.29) is 0 Å². The van der Waals surface area contributed by atoms with E-state index in [4.69, 9.17) is 0 Å². The molecule has 0 aromatic carbocycles. The van der Waals surface area contributed by atoms with Crippen LogP contribution < -0.4 is 0 Å². The van der Waals surface area contributed by atoms with Crippen LogP contribution in [0.4, 0.5) is 0 Å². The first-order valence-corrected chi connectivity index (χ1v) is 7.03. The Morgan fingerprint density at radius 1 is 1.44 bits per heavy atom. The van der Waals surface area contributed by atoms with Gasteiger partial charge in [0.1, 0.15) is 5.82 Å². The Hall–Kier alpha value is -0.680. The summed E-state index contributed by atoms with van der Waals surface area (Å²) in [7, 11) is 0. The predicted molar refractivity (Wildman–Crippen MR) is 68.5 cm³/mol. The van der Waals surface area contributed by atoms with E-state index in [1.54, 1.807) is 11.3 Å². The highest BCUT2D eigenvalue weighted by atomic mass is 79.9. The van der Waals surface area contributed by atoms with Crippen molar-refractivity contribution in [2.24, 2.45) is 5.92 Å². The maximum atomic E-state index is 4.32. The molecule has 0 radical (unpaired) electrons. The molecule has 16 heavy (non-hydrogen) atoms. The molecule has 0 fully saturated rings. The van der Waals surface area contributed by atoms with Crippen LogP contribution in [-0.2, 0) is 13.0 Å². The quantitative estimate of drug-likeness (QED) is 0.808. The van der Waals surface area contributed by atoms with Gasteiger partial charge in [0.05, 0.1) is 8.66 Å². The topological polar surface area (TPSA) is 30.7 Å². The number of aromatic nitrogens is 3. The highest BCUT2D eigenvalue weighted by Gasteiger charge is 2.21. The van der Waals surface area contributed by atoms with E-state index in [0.29, 0.717) is 0 Å². The van der Waals surface area contributed by atoms with Crippen LogP contribution >= 0.6 is 27.3 Å². The Balaban J connectivity index is 2.06. The van der Waals surface area contributed by atoms with E-state index in [2.05, 4.69) is 49.8 Å². The molecule has 1 atom stereocenters. The molecule has 0 spiro atoms. The van der Waals surface area contributed by atoms with Gasteiger partial charge in [0.15, 0.2) is 5.82 Å². The fraction of sp³-hybridized carbons (Fsp3) is 0.455. The van der Waals surface area contributed by atoms with Gasteiger partial charge < -0.3 is 4.57 Å². The maximum Gasteiger partial charge on any atom is 0.174 e. The van der Waals surface area contributed by atoms with Gasteiger partial charge in [0.2, 0.25) is 0 Å². The summed E-state index contributed by atoms with van der Waals surface area (Å²) in [6, 6.07) is 4.17. The zero-order valence-corrected chi connectivity index (χ0v) is 11.4. The average molecular weight is 298 g/mol. The molecule has 2 aromatic heterocycles. The second-order valence-electron chi connectivity index (χ2n) is 4.30. The van der Waals surface area contributed by atoms with E-state index in [0.717, 1.165) is 34.3 Å². The summed E-state index contributed by atoms with van der Waals surface area (Å²) >= 11 is 5.20. The van der Waals surface area contributed by atoms with Gasteiger partial charge >= 0.3 is 0 Å². The van der Waals surface area contributed by atoms with E-state index in [9.17, 15) is 0 Å². The predicted octanol–water partition coefficient (Wildman–Crippen LogP) is 3.35. The number of thiophene rings is 1. The van der Waals surface area contributed by atoms with Crippen molar-refractivity contribution in [2.45, 2.75) is 26.3 Å². The largest absolute Gasteiger partial charge is 0.310 e. The molecule has 2 aromatic rings. The SMILES string of the molecule is CC1CCc2nnc(-c3ccc(Br)s3)n2C1. The number of aryl methyl sites for hydroxylation is 1. The summed E-state index contributed by atoms with van der Waals surface area (Å²) in [5.74, 6) is 2.89. The van der Waals surface area contributed by atoms with Crippen molar-refractivity contribution in [1.82, 2.24) is 14.8 Å². The van der Waals surface area contributed by atoms with Crippen molar-refractivity contribution in [3.05, 3.63) is 21.7 Å². The number of fused-ring (bicyclic) bond motifs is 1. The Morgan fingerprint density at radius 3 is 3.06 bits per heavy atom. The molecule has 0 saturated carbocycles. The number of nitrogens with zero attached hydrogens (tertiary/aromatic N) is 3. The zero-order valence-electron chi connectivity index (χ0n) is 8.98.